The van der Waals surface area contributed by atoms with Crippen molar-refractivity contribution in [2.75, 3.05) is 0 Å². The molecule has 4 rings (SSSR count). The number of rotatable bonds is 8. The lowest BCUT2D eigenvalue weighted by Gasteiger charge is -2.05. The molecule has 2 heterocycles. The SMILES string of the molecule is CC(C)c1ccc(CSc2nnc(SCc3nc(-c4ccccc4)no3)s2)cc1. The standard InChI is InChI=1S/C21H20N4OS3/c1-14(2)16-10-8-15(9-11-16)12-27-20-23-24-21(29-20)28-13-18-22-19(25-26-18)17-6-4-3-5-7-17/h3-11,14H,12-13H2,1-2H3. The van der Waals surface area contributed by atoms with Crippen LogP contribution in [-0.2, 0) is 11.5 Å². The van der Waals surface area contributed by atoms with Crippen molar-refractivity contribution < 1.29 is 4.52 Å². The van der Waals surface area contributed by atoms with Gasteiger partial charge in [0.1, 0.15) is 0 Å². The summed E-state index contributed by atoms with van der Waals surface area (Å²) in [6.07, 6.45) is 0. The minimum absolute atomic E-state index is 0.557. The van der Waals surface area contributed by atoms with Crippen molar-refractivity contribution >= 4 is 34.9 Å². The summed E-state index contributed by atoms with van der Waals surface area (Å²) in [6.45, 7) is 4.42. The van der Waals surface area contributed by atoms with E-state index in [9.17, 15) is 0 Å². The van der Waals surface area contributed by atoms with Crippen molar-refractivity contribution in [3.05, 3.63) is 71.6 Å². The van der Waals surface area contributed by atoms with Crippen LogP contribution in [0.2, 0.25) is 0 Å². The Balaban J connectivity index is 1.29. The van der Waals surface area contributed by atoms with Crippen molar-refractivity contribution in [1.82, 2.24) is 20.3 Å². The van der Waals surface area contributed by atoms with Gasteiger partial charge in [-0.1, -0.05) is 108 Å². The van der Waals surface area contributed by atoms with Crippen LogP contribution in [0, 0.1) is 0 Å². The summed E-state index contributed by atoms with van der Waals surface area (Å²) in [5.74, 6) is 3.22. The van der Waals surface area contributed by atoms with E-state index in [2.05, 4.69) is 58.5 Å². The molecule has 0 unspecified atom stereocenters. The molecule has 0 saturated carbocycles. The Morgan fingerprint density at radius 3 is 2.28 bits per heavy atom. The molecule has 0 aliphatic carbocycles. The van der Waals surface area contributed by atoms with Crippen molar-refractivity contribution in [3.63, 3.8) is 0 Å². The first-order valence-corrected chi connectivity index (χ1v) is 12.0. The zero-order chi connectivity index (χ0) is 20.1. The van der Waals surface area contributed by atoms with Gasteiger partial charge in [0, 0.05) is 11.3 Å². The topological polar surface area (TPSA) is 64.7 Å². The summed E-state index contributed by atoms with van der Waals surface area (Å²) in [7, 11) is 0. The lowest BCUT2D eigenvalue weighted by Crippen LogP contribution is -1.87. The van der Waals surface area contributed by atoms with Gasteiger partial charge in [0.25, 0.3) is 0 Å². The van der Waals surface area contributed by atoms with E-state index >= 15 is 0 Å². The van der Waals surface area contributed by atoms with E-state index in [1.54, 1.807) is 34.9 Å². The highest BCUT2D eigenvalue weighted by atomic mass is 32.2. The largest absolute Gasteiger partial charge is 0.338 e. The maximum Gasteiger partial charge on any atom is 0.237 e. The molecule has 2 aromatic heterocycles. The van der Waals surface area contributed by atoms with Gasteiger partial charge >= 0.3 is 0 Å². The van der Waals surface area contributed by atoms with E-state index in [0.717, 1.165) is 20.0 Å². The Hall–Kier alpha value is -2.16. The Kier molecular flexibility index (Phi) is 6.63. The molecule has 0 amide bonds. The summed E-state index contributed by atoms with van der Waals surface area (Å²) in [6, 6.07) is 18.6. The monoisotopic (exact) mass is 440 g/mol. The molecule has 0 atom stereocenters. The summed E-state index contributed by atoms with van der Waals surface area (Å²) in [5.41, 5.74) is 3.61. The Morgan fingerprint density at radius 2 is 1.59 bits per heavy atom. The molecule has 0 N–H and O–H groups in total. The van der Waals surface area contributed by atoms with Gasteiger partial charge in [-0.3, -0.25) is 0 Å². The van der Waals surface area contributed by atoms with Crippen molar-refractivity contribution in [2.45, 2.75) is 40.0 Å². The van der Waals surface area contributed by atoms with Gasteiger partial charge in [-0.25, -0.2) is 0 Å². The van der Waals surface area contributed by atoms with Gasteiger partial charge in [-0.15, -0.1) is 10.2 Å². The highest BCUT2D eigenvalue weighted by Crippen LogP contribution is 2.32. The van der Waals surface area contributed by atoms with Crippen LogP contribution in [0.15, 0.2) is 67.8 Å². The zero-order valence-electron chi connectivity index (χ0n) is 16.1. The first-order chi connectivity index (χ1) is 14.2. The second kappa shape index (κ2) is 9.56. The molecule has 0 fully saturated rings. The molecule has 0 saturated heterocycles. The number of hydrogen-bond acceptors (Lipinski definition) is 8. The van der Waals surface area contributed by atoms with Gasteiger partial charge in [-0.05, 0) is 17.0 Å². The van der Waals surface area contributed by atoms with E-state index in [-0.39, 0.29) is 0 Å². The fraction of sp³-hybridized carbons (Fsp3) is 0.238. The second-order valence-corrected chi connectivity index (χ2v) is 10.1. The maximum absolute atomic E-state index is 5.35. The predicted octanol–water partition coefficient (Wildman–Crippen LogP) is 6.30. The maximum atomic E-state index is 5.35. The van der Waals surface area contributed by atoms with Crippen LogP contribution in [0.3, 0.4) is 0 Å². The first kappa shape index (κ1) is 20.1. The smallest absolute Gasteiger partial charge is 0.237 e. The van der Waals surface area contributed by atoms with Crippen LogP contribution >= 0.6 is 34.9 Å². The summed E-state index contributed by atoms with van der Waals surface area (Å²) >= 11 is 4.87. The third-order valence-corrected chi connectivity index (χ3v) is 7.46. The van der Waals surface area contributed by atoms with E-state index in [1.165, 1.54) is 11.1 Å². The fourth-order valence-electron chi connectivity index (χ4n) is 2.60. The Bertz CT molecular complexity index is 1050. The lowest BCUT2D eigenvalue weighted by atomic mass is 10.0. The number of benzene rings is 2. The van der Waals surface area contributed by atoms with Gasteiger partial charge < -0.3 is 4.52 Å². The molecule has 0 aliphatic rings. The average Bonchev–Trinajstić information content (AvgIpc) is 3.41. The molecule has 0 bridgehead atoms. The lowest BCUT2D eigenvalue weighted by molar-refractivity contribution is 0.391. The molecule has 0 aliphatic heterocycles. The number of nitrogens with zero attached hydrogens (tertiary/aromatic N) is 4. The molecule has 0 spiro atoms. The molecular weight excluding hydrogens is 420 g/mol. The minimum Gasteiger partial charge on any atom is -0.338 e. The van der Waals surface area contributed by atoms with Crippen LogP contribution in [0.5, 0.6) is 0 Å². The predicted molar refractivity (Wildman–Crippen MR) is 119 cm³/mol. The molecule has 8 heteroatoms. The third-order valence-electron chi connectivity index (χ3n) is 4.22. The fourth-order valence-corrected chi connectivity index (χ4v) is 5.41. The van der Waals surface area contributed by atoms with Gasteiger partial charge in [0.05, 0.1) is 5.75 Å². The van der Waals surface area contributed by atoms with Gasteiger partial charge in [0.2, 0.25) is 11.7 Å². The van der Waals surface area contributed by atoms with Gasteiger partial charge in [0.15, 0.2) is 8.68 Å². The summed E-state index contributed by atoms with van der Waals surface area (Å²) in [4.78, 5) is 4.45. The number of thioether (sulfide) groups is 2. The summed E-state index contributed by atoms with van der Waals surface area (Å²) < 4.78 is 7.22. The highest BCUT2D eigenvalue weighted by Gasteiger charge is 2.11. The first-order valence-electron chi connectivity index (χ1n) is 9.23. The van der Waals surface area contributed by atoms with E-state index in [1.807, 2.05) is 30.3 Å². The highest BCUT2D eigenvalue weighted by molar-refractivity contribution is 8.02. The van der Waals surface area contributed by atoms with Crippen LogP contribution in [0.1, 0.15) is 36.8 Å². The van der Waals surface area contributed by atoms with Crippen molar-refractivity contribution in [1.29, 1.82) is 0 Å². The molecule has 5 nitrogen and oxygen atoms in total. The minimum atomic E-state index is 0.557. The second-order valence-electron chi connectivity index (χ2n) is 6.69. The molecule has 2 aromatic carbocycles. The normalized spacial score (nSPS) is 11.3. The van der Waals surface area contributed by atoms with E-state index < -0.39 is 0 Å². The van der Waals surface area contributed by atoms with Crippen molar-refractivity contribution in [3.8, 4) is 11.4 Å². The van der Waals surface area contributed by atoms with E-state index in [0.29, 0.717) is 23.4 Å². The average molecular weight is 441 g/mol. The van der Waals surface area contributed by atoms with Crippen LogP contribution in [0.4, 0.5) is 0 Å². The van der Waals surface area contributed by atoms with Crippen LogP contribution < -0.4 is 0 Å². The zero-order valence-corrected chi connectivity index (χ0v) is 18.6. The van der Waals surface area contributed by atoms with E-state index in [4.69, 9.17) is 4.52 Å². The molecule has 148 valence electrons. The van der Waals surface area contributed by atoms with Gasteiger partial charge in [-0.2, -0.15) is 4.98 Å². The molecule has 4 aromatic rings. The third kappa shape index (κ3) is 5.46. The summed E-state index contributed by atoms with van der Waals surface area (Å²) in [5, 5.41) is 12.6. The molecular formula is C21H20N4OS3. The van der Waals surface area contributed by atoms with Crippen LogP contribution in [0.25, 0.3) is 11.4 Å². The quantitative estimate of drug-likeness (QED) is 0.298. The Morgan fingerprint density at radius 1 is 0.897 bits per heavy atom. The van der Waals surface area contributed by atoms with Crippen LogP contribution in [-0.4, -0.2) is 20.3 Å². The number of hydrogen-bond donors (Lipinski definition) is 0. The molecule has 0 radical (unpaired) electrons. The van der Waals surface area contributed by atoms with Crippen molar-refractivity contribution in [2.24, 2.45) is 0 Å². The Labute approximate surface area is 182 Å². The molecule has 29 heavy (non-hydrogen) atoms. The number of aromatic nitrogens is 4.